The Labute approximate surface area is 129 Å². The lowest BCUT2D eigenvalue weighted by atomic mass is 10.2. The van der Waals surface area contributed by atoms with Crippen molar-refractivity contribution in [2.45, 2.75) is 6.54 Å². The van der Waals surface area contributed by atoms with Gasteiger partial charge in [0.05, 0.1) is 27.0 Å². The van der Waals surface area contributed by atoms with Crippen molar-refractivity contribution in [2.75, 3.05) is 14.2 Å². The summed E-state index contributed by atoms with van der Waals surface area (Å²) in [7, 11) is 3.24. The molecule has 0 bridgehead atoms. The van der Waals surface area contributed by atoms with E-state index in [-0.39, 0.29) is 0 Å². The van der Waals surface area contributed by atoms with E-state index in [9.17, 15) is 0 Å². The summed E-state index contributed by atoms with van der Waals surface area (Å²) >= 11 is 5.82. The molecule has 0 aromatic heterocycles. The molecular weight excluding hydrogens is 288 g/mol. The molecule has 0 radical (unpaired) electrons. The van der Waals surface area contributed by atoms with E-state index >= 15 is 0 Å². The minimum atomic E-state index is 0.602. The van der Waals surface area contributed by atoms with Crippen LogP contribution in [0.25, 0.3) is 0 Å². The molecule has 0 aliphatic heterocycles. The second-order valence-corrected chi connectivity index (χ2v) is 4.77. The van der Waals surface area contributed by atoms with Crippen LogP contribution in [0.5, 0.6) is 11.5 Å². The maximum Gasteiger partial charge on any atom is 0.161 e. The Morgan fingerprint density at radius 3 is 2.43 bits per heavy atom. The van der Waals surface area contributed by atoms with Crippen molar-refractivity contribution in [2.24, 2.45) is 5.10 Å². The highest BCUT2D eigenvalue weighted by atomic mass is 35.5. The van der Waals surface area contributed by atoms with Crippen LogP contribution < -0.4 is 14.9 Å². The van der Waals surface area contributed by atoms with Gasteiger partial charge in [-0.3, -0.25) is 0 Å². The summed E-state index contributed by atoms with van der Waals surface area (Å²) in [5, 5.41) is 4.89. The quantitative estimate of drug-likeness (QED) is 0.656. The van der Waals surface area contributed by atoms with Gasteiger partial charge >= 0.3 is 0 Å². The molecule has 2 aromatic carbocycles. The number of methoxy groups -OCH3 is 2. The van der Waals surface area contributed by atoms with E-state index in [0.29, 0.717) is 23.1 Å². The first kappa shape index (κ1) is 15.2. The second-order valence-electron chi connectivity index (χ2n) is 4.33. The fourth-order valence-corrected chi connectivity index (χ4v) is 1.92. The van der Waals surface area contributed by atoms with Crippen molar-refractivity contribution in [3.8, 4) is 11.5 Å². The van der Waals surface area contributed by atoms with Gasteiger partial charge in [0, 0.05) is 5.02 Å². The molecule has 1 N–H and O–H groups in total. The standard InChI is InChI=1S/C16H17ClN2O2/c1-20-15-8-5-13(9-16(15)21-2)11-19-18-10-12-3-6-14(17)7-4-12/h3-10,19H,11H2,1-2H3/b18-10-. The summed E-state index contributed by atoms with van der Waals surface area (Å²) in [4.78, 5) is 0. The lowest BCUT2D eigenvalue weighted by molar-refractivity contribution is 0.354. The molecule has 0 saturated heterocycles. The molecule has 0 amide bonds. The molecule has 110 valence electrons. The van der Waals surface area contributed by atoms with Crippen LogP contribution in [0.4, 0.5) is 0 Å². The third-order valence-electron chi connectivity index (χ3n) is 2.91. The highest BCUT2D eigenvalue weighted by molar-refractivity contribution is 6.30. The Bertz CT molecular complexity index is 612. The van der Waals surface area contributed by atoms with Crippen LogP contribution in [0, 0.1) is 0 Å². The van der Waals surface area contributed by atoms with Crippen molar-refractivity contribution < 1.29 is 9.47 Å². The van der Waals surface area contributed by atoms with Gasteiger partial charge in [-0.05, 0) is 35.4 Å². The number of benzene rings is 2. The molecule has 0 atom stereocenters. The number of ether oxygens (including phenoxy) is 2. The average molecular weight is 305 g/mol. The highest BCUT2D eigenvalue weighted by Crippen LogP contribution is 2.27. The maximum absolute atomic E-state index is 5.82. The molecular formula is C16H17ClN2O2. The predicted octanol–water partition coefficient (Wildman–Crippen LogP) is 3.48. The number of nitrogens with zero attached hydrogens (tertiary/aromatic N) is 1. The molecule has 2 aromatic rings. The van der Waals surface area contributed by atoms with Gasteiger partial charge in [-0.15, -0.1) is 0 Å². The van der Waals surface area contributed by atoms with Crippen molar-refractivity contribution >= 4 is 17.8 Å². The van der Waals surface area contributed by atoms with E-state index in [0.717, 1.165) is 11.1 Å². The molecule has 5 heteroatoms. The normalized spacial score (nSPS) is 10.6. The van der Waals surface area contributed by atoms with Gasteiger partial charge in [0.1, 0.15) is 0 Å². The molecule has 0 unspecified atom stereocenters. The Morgan fingerprint density at radius 2 is 1.76 bits per heavy atom. The van der Waals surface area contributed by atoms with Crippen molar-refractivity contribution in [1.82, 2.24) is 5.43 Å². The largest absolute Gasteiger partial charge is 0.493 e. The van der Waals surface area contributed by atoms with Crippen LogP contribution >= 0.6 is 11.6 Å². The van der Waals surface area contributed by atoms with Gasteiger partial charge in [-0.2, -0.15) is 5.10 Å². The van der Waals surface area contributed by atoms with Crippen LogP contribution in [0.2, 0.25) is 5.02 Å². The summed E-state index contributed by atoms with van der Waals surface area (Å²) in [5.41, 5.74) is 5.04. The second kappa shape index (κ2) is 7.55. The molecule has 0 aliphatic carbocycles. The number of halogens is 1. The fraction of sp³-hybridized carbons (Fsp3) is 0.188. The minimum Gasteiger partial charge on any atom is -0.493 e. The molecule has 21 heavy (non-hydrogen) atoms. The first-order valence-electron chi connectivity index (χ1n) is 6.45. The summed E-state index contributed by atoms with van der Waals surface area (Å²) in [6.07, 6.45) is 1.75. The zero-order chi connectivity index (χ0) is 15.1. The lowest BCUT2D eigenvalue weighted by Crippen LogP contribution is -2.06. The predicted molar refractivity (Wildman–Crippen MR) is 85.4 cm³/mol. The molecule has 4 nitrogen and oxygen atoms in total. The van der Waals surface area contributed by atoms with Gasteiger partial charge in [-0.25, -0.2) is 0 Å². The first-order valence-corrected chi connectivity index (χ1v) is 6.83. The number of rotatable bonds is 6. The van der Waals surface area contributed by atoms with Gasteiger partial charge < -0.3 is 14.9 Å². The maximum atomic E-state index is 5.82. The van der Waals surface area contributed by atoms with E-state index in [2.05, 4.69) is 10.5 Å². The van der Waals surface area contributed by atoms with Gasteiger partial charge in [0.25, 0.3) is 0 Å². The van der Waals surface area contributed by atoms with E-state index < -0.39 is 0 Å². The third kappa shape index (κ3) is 4.39. The molecule has 0 heterocycles. The fourth-order valence-electron chi connectivity index (χ4n) is 1.80. The minimum absolute atomic E-state index is 0.602. The van der Waals surface area contributed by atoms with Crippen molar-refractivity contribution in [1.29, 1.82) is 0 Å². The molecule has 0 aliphatic rings. The number of hydrazone groups is 1. The topological polar surface area (TPSA) is 42.8 Å². The van der Waals surface area contributed by atoms with Gasteiger partial charge in [-0.1, -0.05) is 29.8 Å². The number of nitrogens with one attached hydrogen (secondary N) is 1. The Morgan fingerprint density at radius 1 is 1.05 bits per heavy atom. The summed E-state index contributed by atoms with van der Waals surface area (Å²) < 4.78 is 10.5. The van der Waals surface area contributed by atoms with Crippen LogP contribution in [-0.4, -0.2) is 20.4 Å². The number of hydrogen-bond acceptors (Lipinski definition) is 4. The number of hydrogen-bond donors (Lipinski definition) is 1. The summed E-state index contributed by atoms with van der Waals surface area (Å²) in [6.45, 7) is 0.602. The lowest BCUT2D eigenvalue weighted by Gasteiger charge is -2.09. The SMILES string of the molecule is COc1ccc(CN/N=C\c2ccc(Cl)cc2)cc1OC. The molecule has 0 spiro atoms. The van der Waals surface area contributed by atoms with Crippen LogP contribution in [0.1, 0.15) is 11.1 Å². The van der Waals surface area contributed by atoms with Gasteiger partial charge in [0.15, 0.2) is 11.5 Å². The van der Waals surface area contributed by atoms with Gasteiger partial charge in [0.2, 0.25) is 0 Å². The zero-order valence-electron chi connectivity index (χ0n) is 12.0. The summed E-state index contributed by atoms with van der Waals surface area (Å²) in [5.74, 6) is 1.42. The third-order valence-corrected chi connectivity index (χ3v) is 3.16. The molecule has 0 saturated carbocycles. The summed E-state index contributed by atoms with van der Waals surface area (Å²) in [6, 6.07) is 13.2. The van der Waals surface area contributed by atoms with Crippen LogP contribution in [-0.2, 0) is 6.54 Å². The smallest absolute Gasteiger partial charge is 0.161 e. The average Bonchev–Trinajstić information content (AvgIpc) is 2.53. The monoisotopic (exact) mass is 304 g/mol. The highest BCUT2D eigenvalue weighted by Gasteiger charge is 2.03. The van der Waals surface area contributed by atoms with E-state index in [1.807, 2.05) is 42.5 Å². The molecule has 0 fully saturated rings. The van der Waals surface area contributed by atoms with E-state index in [4.69, 9.17) is 21.1 Å². The van der Waals surface area contributed by atoms with Crippen LogP contribution in [0.3, 0.4) is 0 Å². The van der Waals surface area contributed by atoms with Crippen molar-refractivity contribution in [3.05, 3.63) is 58.6 Å². The van der Waals surface area contributed by atoms with Crippen molar-refractivity contribution in [3.63, 3.8) is 0 Å². The molecule has 2 rings (SSSR count). The van der Waals surface area contributed by atoms with E-state index in [1.165, 1.54) is 0 Å². The Balaban J connectivity index is 1.92. The Hall–Kier alpha value is -2.20. The first-order chi connectivity index (χ1) is 10.2. The van der Waals surface area contributed by atoms with E-state index in [1.54, 1.807) is 20.4 Å². The zero-order valence-corrected chi connectivity index (χ0v) is 12.7. The Kier molecular flexibility index (Phi) is 5.46. The van der Waals surface area contributed by atoms with Crippen LogP contribution in [0.15, 0.2) is 47.6 Å².